The Bertz CT molecular complexity index is 935. The number of rotatable bonds is 11. The van der Waals surface area contributed by atoms with Gasteiger partial charge in [-0.25, -0.2) is 0 Å². The molecule has 1 aliphatic rings. The summed E-state index contributed by atoms with van der Waals surface area (Å²) in [6.07, 6.45) is 1.93. The summed E-state index contributed by atoms with van der Waals surface area (Å²) >= 11 is 1.74. The topological polar surface area (TPSA) is 62.2 Å². The molecule has 0 bridgehead atoms. The van der Waals surface area contributed by atoms with Gasteiger partial charge in [0.25, 0.3) is 0 Å². The van der Waals surface area contributed by atoms with Gasteiger partial charge in [-0.1, -0.05) is 23.8 Å². The molecule has 3 rings (SSSR count). The van der Waals surface area contributed by atoms with Crippen LogP contribution in [0.4, 0.5) is 0 Å². The van der Waals surface area contributed by atoms with Crippen LogP contribution in [0, 0.1) is 6.92 Å². The molecule has 0 fully saturated rings. The van der Waals surface area contributed by atoms with Crippen molar-refractivity contribution in [2.75, 3.05) is 39.4 Å². The van der Waals surface area contributed by atoms with Gasteiger partial charge in [-0.2, -0.15) is 0 Å². The molecule has 0 aliphatic carbocycles. The average Bonchev–Trinajstić information content (AvgIpc) is 3.26. The zero-order chi connectivity index (χ0) is 24.7. The van der Waals surface area contributed by atoms with Crippen molar-refractivity contribution in [1.82, 2.24) is 9.80 Å². The summed E-state index contributed by atoms with van der Waals surface area (Å²) in [7, 11) is 0. The van der Waals surface area contributed by atoms with Crippen molar-refractivity contribution < 1.29 is 19.4 Å². The maximum atomic E-state index is 13.5. The largest absolute Gasteiger partial charge is 0.491 e. The number of hydrogen-bond acceptors (Lipinski definition) is 6. The molecule has 1 aliphatic heterocycles. The number of hydrogen-bond donors (Lipinski definition) is 1. The second kappa shape index (κ2) is 12.0. The van der Waals surface area contributed by atoms with Gasteiger partial charge >= 0.3 is 0 Å². The fraction of sp³-hybridized carbons (Fsp3) is 0.519. The lowest BCUT2D eigenvalue weighted by Crippen LogP contribution is -2.48. The molecule has 2 aromatic rings. The van der Waals surface area contributed by atoms with E-state index in [0.29, 0.717) is 26.2 Å². The van der Waals surface area contributed by atoms with Crippen LogP contribution in [0.2, 0.25) is 0 Å². The Balaban J connectivity index is 1.67. The third kappa shape index (κ3) is 7.67. The highest BCUT2D eigenvalue weighted by Gasteiger charge is 2.33. The first-order valence-electron chi connectivity index (χ1n) is 11.9. The lowest BCUT2D eigenvalue weighted by molar-refractivity contribution is -0.136. The van der Waals surface area contributed by atoms with E-state index in [0.717, 1.165) is 12.2 Å². The summed E-state index contributed by atoms with van der Waals surface area (Å²) in [5.74, 6) is 0.829. The molecule has 0 saturated carbocycles. The molecule has 7 heteroatoms. The Morgan fingerprint density at radius 1 is 1.32 bits per heavy atom. The van der Waals surface area contributed by atoms with Crippen LogP contribution < -0.4 is 4.74 Å². The van der Waals surface area contributed by atoms with E-state index < -0.39 is 6.10 Å². The maximum Gasteiger partial charge on any atom is 0.237 e. The third-order valence-corrected chi connectivity index (χ3v) is 6.76. The van der Waals surface area contributed by atoms with Gasteiger partial charge in [0.05, 0.1) is 30.9 Å². The lowest BCUT2D eigenvalue weighted by Gasteiger charge is -2.37. The Morgan fingerprint density at radius 2 is 2.06 bits per heavy atom. The van der Waals surface area contributed by atoms with Crippen LogP contribution >= 0.6 is 11.3 Å². The second-order valence-electron chi connectivity index (χ2n) is 9.84. The van der Waals surface area contributed by atoms with E-state index in [4.69, 9.17) is 9.47 Å². The van der Waals surface area contributed by atoms with Gasteiger partial charge in [0.15, 0.2) is 0 Å². The van der Waals surface area contributed by atoms with Gasteiger partial charge in [0.2, 0.25) is 5.91 Å². The molecular formula is C27H38N2O4S. The van der Waals surface area contributed by atoms with E-state index in [1.165, 1.54) is 16.0 Å². The summed E-state index contributed by atoms with van der Waals surface area (Å²) in [5.41, 5.74) is 2.03. The number of aliphatic hydroxyl groups is 1. The Morgan fingerprint density at radius 3 is 2.74 bits per heavy atom. The van der Waals surface area contributed by atoms with E-state index in [9.17, 15) is 9.90 Å². The van der Waals surface area contributed by atoms with E-state index in [1.807, 2.05) is 61.8 Å². The van der Waals surface area contributed by atoms with E-state index in [1.54, 1.807) is 17.4 Å². The molecule has 1 aromatic carbocycles. The number of fused-ring (bicyclic) bond motifs is 1. The number of thiophene rings is 1. The smallest absolute Gasteiger partial charge is 0.237 e. The predicted molar refractivity (Wildman–Crippen MR) is 137 cm³/mol. The van der Waals surface area contributed by atoms with Crippen LogP contribution in [-0.2, 0) is 16.0 Å². The summed E-state index contributed by atoms with van der Waals surface area (Å²) in [6.45, 7) is 14.1. The van der Waals surface area contributed by atoms with Crippen molar-refractivity contribution in [2.45, 2.75) is 51.9 Å². The highest BCUT2D eigenvalue weighted by molar-refractivity contribution is 7.10. The van der Waals surface area contributed by atoms with Gasteiger partial charge in [0, 0.05) is 24.5 Å². The second-order valence-corrected chi connectivity index (χ2v) is 10.8. The number of amides is 1. The number of carbonyl (C=O) groups excluding carboxylic acids is 1. The summed E-state index contributed by atoms with van der Waals surface area (Å²) < 4.78 is 11.8. The van der Waals surface area contributed by atoms with Crippen LogP contribution in [-0.4, -0.2) is 71.9 Å². The van der Waals surface area contributed by atoms with Crippen molar-refractivity contribution in [2.24, 2.45) is 0 Å². The van der Waals surface area contributed by atoms with Crippen molar-refractivity contribution in [3.8, 4) is 5.75 Å². The van der Waals surface area contributed by atoms with Gasteiger partial charge in [-0.15, -0.1) is 17.9 Å². The van der Waals surface area contributed by atoms with Crippen LogP contribution in [0.15, 0.2) is 48.4 Å². The number of benzene rings is 1. The first-order chi connectivity index (χ1) is 16.2. The van der Waals surface area contributed by atoms with Crippen LogP contribution in [0.25, 0.3) is 0 Å². The molecule has 2 atom stereocenters. The number of aryl methyl sites for hydroxylation is 1. The molecule has 0 unspecified atom stereocenters. The molecule has 1 amide bonds. The molecule has 0 spiro atoms. The first-order valence-corrected chi connectivity index (χ1v) is 12.7. The molecule has 0 saturated heterocycles. The zero-order valence-corrected chi connectivity index (χ0v) is 21.6. The third-order valence-electron chi connectivity index (χ3n) is 5.77. The molecular weight excluding hydrogens is 448 g/mol. The van der Waals surface area contributed by atoms with Crippen molar-refractivity contribution >= 4 is 17.2 Å². The quantitative estimate of drug-likeness (QED) is 0.482. The number of nitrogens with zero attached hydrogens (tertiary/aromatic N) is 2. The monoisotopic (exact) mass is 486 g/mol. The number of aliphatic hydroxyl groups excluding tert-OH is 1. The molecule has 2 heterocycles. The van der Waals surface area contributed by atoms with Crippen molar-refractivity contribution in [3.63, 3.8) is 0 Å². The molecule has 34 heavy (non-hydrogen) atoms. The van der Waals surface area contributed by atoms with E-state index in [2.05, 4.69) is 18.0 Å². The van der Waals surface area contributed by atoms with E-state index in [-0.39, 0.29) is 30.7 Å². The molecule has 186 valence electrons. The lowest BCUT2D eigenvalue weighted by atomic mass is 10.0. The van der Waals surface area contributed by atoms with E-state index >= 15 is 0 Å². The van der Waals surface area contributed by atoms with Crippen LogP contribution in [0.3, 0.4) is 0 Å². The van der Waals surface area contributed by atoms with Gasteiger partial charge in [-0.05, 0) is 63.3 Å². The molecule has 1 N–H and O–H groups in total. The summed E-state index contributed by atoms with van der Waals surface area (Å²) in [4.78, 5) is 18.6. The molecule has 6 nitrogen and oxygen atoms in total. The Kier molecular flexibility index (Phi) is 9.31. The average molecular weight is 487 g/mol. The normalized spacial score (nSPS) is 16.9. The summed E-state index contributed by atoms with van der Waals surface area (Å²) in [5, 5.41) is 12.6. The first kappa shape index (κ1) is 26.4. The minimum atomic E-state index is -0.683. The summed E-state index contributed by atoms with van der Waals surface area (Å²) in [6, 6.07) is 9.95. The maximum absolute atomic E-state index is 13.5. The van der Waals surface area contributed by atoms with Crippen molar-refractivity contribution in [3.05, 3.63) is 64.4 Å². The standard InChI is InChI=1S/C27H38N2O4S/c1-6-13-28(16-21(30)18-33-27(3,4)5)17-26(31)29-14-11-25-23(12-15-34-25)24(29)19-32-22-9-7-20(2)8-10-22/h6-10,12,15,21,24,30H,1,11,13-14,16-19H2,2-5H3/t21-,24-/m0/s1. The van der Waals surface area contributed by atoms with Crippen LogP contribution in [0.5, 0.6) is 5.75 Å². The van der Waals surface area contributed by atoms with Gasteiger partial charge < -0.3 is 19.5 Å². The minimum absolute atomic E-state index is 0.0279. The minimum Gasteiger partial charge on any atom is -0.491 e. The molecule has 0 radical (unpaired) electrons. The fourth-order valence-electron chi connectivity index (χ4n) is 4.05. The highest BCUT2D eigenvalue weighted by Crippen LogP contribution is 2.34. The Hall–Kier alpha value is -2.19. The number of ether oxygens (including phenoxy) is 2. The number of carbonyl (C=O) groups is 1. The molecule has 1 aromatic heterocycles. The van der Waals surface area contributed by atoms with Gasteiger partial charge in [-0.3, -0.25) is 9.69 Å². The highest BCUT2D eigenvalue weighted by atomic mass is 32.1. The van der Waals surface area contributed by atoms with Gasteiger partial charge in [0.1, 0.15) is 12.4 Å². The zero-order valence-electron chi connectivity index (χ0n) is 20.8. The Labute approximate surface area is 207 Å². The van der Waals surface area contributed by atoms with Crippen molar-refractivity contribution in [1.29, 1.82) is 0 Å². The fourth-order valence-corrected chi connectivity index (χ4v) is 4.98. The predicted octanol–water partition coefficient (Wildman–Crippen LogP) is 4.23. The SMILES string of the molecule is C=CCN(CC(=O)N1CCc2sccc2[C@@H]1COc1ccc(C)cc1)C[C@H](O)COC(C)(C)C. The van der Waals surface area contributed by atoms with Crippen LogP contribution in [0.1, 0.15) is 42.8 Å².